The first kappa shape index (κ1) is 30.2. The summed E-state index contributed by atoms with van der Waals surface area (Å²) in [4.78, 5) is 28.9. The first-order chi connectivity index (χ1) is 18.4. The molecule has 3 rings (SSSR count). The molecule has 0 spiro atoms. The number of carbonyl (C=O) groups is 2. The van der Waals surface area contributed by atoms with Gasteiger partial charge in [0.2, 0.25) is 11.8 Å². The Morgan fingerprint density at radius 1 is 0.949 bits per heavy atom. The number of nitrogens with zero attached hydrogens (tertiary/aromatic N) is 2. The minimum absolute atomic E-state index is 0.0277. The van der Waals surface area contributed by atoms with Crippen LogP contribution in [-0.4, -0.2) is 50.0 Å². The average molecular weight is 572 g/mol. The number of hydrogen-bond donors (Lipinski definition) is 1. The van der Waals surface area contributed by atoms with E-state index in [2.05, 4.69) is 5.32 Å². The molecule has 0 aliphatic carbocycles. The molecule has 2 amide bonds. The van der Waals surface area contributed by atoms with Gasteiger partial charge in [-0.15, -0.1) is 11.8 Å². The number of sulfonamides is 1. The Kier molecular flexibility index (Phi) is 10.2. The summed E-state index contributed by atoms with van der Waals surface area (Å²) in [6.45, 7) is 6.22. The van der Waals surface area contributed by atoms with Gasteiger partial charge in [-0.1, -0.05) is 35.9 Å². The van der Waals surface area contributed by atoms with Crippen LogP contribution < -0.4 is 9.62 Å². The second-order valence-corrected chi connectivity index (χ2v) is 12.2. The summed E-state index contributed by atoms with van der Waals surface area (Å²) in [6.07, 6.45) is 1.89. The number of anilines is 1. The van der Waals surface area contributed by atoms with Crippen molar-refractivity contribution in [1.82, 2.24) is 10.2 Å². The molecule has 208 valence electrons. The highest BCUT2D eigenvalue weighted by Gasteiger charge is 2.33. The number of hydrogen-bond acceptors (Lipinski definition) is 5. The van der Waals surface area contributed by atoms with Crippen molar-refractivity contribution in [2.45, 2.75) is 56.1 Å². The topological polar surface area (TPSA) is 86.8 Å². The highest BCUT2D eigenvalue weighted by atomic mass is 32.2. The van der Waals surface area contributed by atoms with Crippen molar-refractivity contribution in [3.63, 3.8) is 0 Å². The highest BCUT2D eigenvalue weighted by Crippen LogP contribution is 2.26. The monoisotopic (exact) mass is 571 g/mol. The molecule has 0 aromatic heterocycles. The molecule has 0 aliphatic heterocycles. The minimum atomic E-state index is -4.16. The van der Waals surface area contributed by atoms with E-state index in [-0.39, 0.29) is 23.0 Å². The van der Waals surface area contributed by atoms with Gasteiger partial charge in [0.05, 0.1) is 10.6 Å². The van der Waals surface area contributed by atoms with Crippen LogP contribution in [0.5, 0.6) is 0 Å². The normalized spacial score (nSPS) is 12.2. The molecule has 0 heterocycles. The van der Waals surface area contributed by atoms with Gasteiger partial charge in [0.25, 0.3) is 10.0 Å². The summed E-state index contributed by atoms with van der Waals surface area (Å²) in [7, 11) is -4.16. The molecular weight excluding hydrogens is 537 g/mol. The molecule has 7 nitrogen and oxygen atoms in total. The van der Waals surface area contributed by atoms with Gasteiger partial charge < -0.3 is 10.2 Å². The number of nitrogens with one attached hydrogen (secondary N) is 1. The maximum absolute atomic E-state index is 14.6. The first-order valence-corrected chi connectivity index (χ1v) is 15.2. The number of rotatable bonds is 11. The number of carbonyl (C=O) groups excluding carboxylic acids is 2. The van der Waals surface area contributed by atoms with Crippen molar-refractivity contribution in [1.29, 1.82) is 0 Å². The molecule has 0 saturated carbocycles. The summed E-state index contributed by atoms with van der Waals surface area (Å²) < 4.78 is 43.3. The third kappa shape index (κ3) is 7.60. The predicted octanol–water partition coefficient (Wildman–Crippen LogP) is 4.99. The van der Waals surface area contributed by atoms with E-state index in [1.807, 2.05) is 13.2 Å². The van der Waals surface area contributed by atoms with Crippen molar-refractivity contribution in [2.75, 3.05) is 17.1 Å². The van der Waals surface area contributed by atoms with Crippen LogP contribution in [0.1, 0.15) is 31.9 Å². The zero-order valence-electron chi connectivity index (χ0n) is 22.7. The van der Waals surface area contributed by atoms with E-state index < -0.39 is 40.2 Å². The van der Waals surface area contributed by atoms with E-state index in [0.29, 0.717) is 5.69 Å². The Bertz CT molecular complexity index is 1390. The van der Waals surface area contributed by atoms with E-state index in [1.54, 1.807) is 63.2 Å². The fourth-order valence-corrected chi connectivity index (χ4v) is 5.73. The van der Waals surface area contributed by atoms with Crippen molar-refractivity contribution in [2.24, 2.45) is 0 Å². The summed E-state index contributed by atoms with van der Waals surface area (Å²) in [5.74, 6) is -1.59. The molecule has 3 aromatic rings. The van der Waals surface area contributed by atoms with Gasteiger partial charge in [-0.05, 0) is 76.4 Å². The largest absolute Gasteiger partial charge is 0.352 e. The molecule has 0 saturated heterocycles. The third-order valence-electron chi connectivity index (χ3n) is 6.15. The van der Waals surface area contributed by atoms with Gasteiger partial charge >= 0.3 is 0 Å². The second-order valence-electron chi connectivity index (χ2n) is 9.48. The molecule has 0 aliphatic rings. The van der Waals surface area contributed by atoms with E-state index >= 15 is 0 Å². The van der Waals surface area contributed by atoms with Crippen LogP contribution in [0.15, 0.2) is 82.6 Å². The lowest BCUT2D eigenvalue weighted by Crippen LogP contribution is -2.52. The fourth-order valence-electron chi connectivity index (χ4n) is 3.91. The number of aryl methyl sites for hydroxylation is 1. The first-order valence-electron chi connectivity index (χ1n) is 12.5. The zero-order valence-corrected chi connectivity index (χ0v) is 24.4. The summed E-state index contributed by atoms with van der Waals surface area (Å²) in [5.41, 5.74) is 1.44. The van der Waals surface area contributed by atoms with Crippen LogP contribution in [0, 0.1) is 12.7 Å². The Labute approximate surface area is 234 Å². The van der Waals surface area contributed by atoms with Crippen LogP contribution >= 0.6 is 11.8 Å². The molecule has 3 aromatic carbocycles. The van der Waals surface area contributed by atoms with Crippen molar-refractivity contribution < 1.29 is 22.4 Å². The average Bonchev–Trinajstić information content (AvgIpc) is 2.91. The van der Waals surface area contributed by atoms with Crippen molar-refractivity contribution in [3.05, 3.63) is 89.7 Å². The van der Waals surface area contributed by atoms with Crippen LogP contribution in [0.2, 0.25) is 0 Å². The smallest absolute Gasteiger partial charge is 0.264 e. The van der Waals surface area contributed by atoms with Gasteiger partial charge in [-0.25, -0.2) is 12.8 Å². The number of benzene rings is 3. The zero-order chi connectivity index (χ0) is 28.7. The maximum atomic E-state index is 14.6. The van der Waals surface area contributed by atoms with Crippen LogP contribution in [0.3, 0.4) is 0 Å². The number of thioether (sulfide) groups is 1. The van der Waals surface area contributed by atoms with Crippen molar-refractivity contribution in [3.8, 4) is 0 Å². The molecule has 1 atom stereocenters. The molecule has 0 fully saturated rings. The van der Waals surface area contributed by atoms with Crippen LogP contribution in [-0.2, 0) is 26.2 Å². The van der Waals surface area contributed by atoms with E-state index in [1.165, 1.54) is 47.0 Å². The van der Waals surface area contributed by atoms with Gasteiger partial charge in [-0.3, -0.25) is 13.9 Å². The lowest BCUT2D eigenvalue weighted by molar-refractivity contribution is -0.139. The van der Waals surface area contributed by atoms with Gasteiger partial charge in [0.15, 0.2) is 0 Å². The molecule has 0 radical (unpaired) electrons. The van der Waals surface area contributed by atoms with Crippen LogP contribution in [0.4, 0.5) is 10.1 Å². The number of halogens is 1. The Hall–Kier alpha value is -3.37. The van der Waals surface area contributed by atoms with E-state index in [4.69, 9.17) is 0 Å². The highest BCUT2D eigenvalue weighted by molar-refractivity contribution is 7.98. The SMILES string of the molecule is CSc1ccc(S(=O)(=O)N(CC(=O)N(Cc2ccccc2F)[C@@H](C)C(=O)NC(C)C)c2ccc(C)cc2)cc1. The minimum Gasteiger partial charge on any atom is -0.352 e. The van der Waals surface area contributed by atoms with E-state index in [9.17, 15) is 22.4 Å². The Morgan fingerprint density at radius 3 is 2.13 bits per heavy atom. The van der Waals surface area contributed by atoms with Gasteiger partial charge in [0.1, 0.15) is 18.4 Å². The molecule has 39 heavy (non-hydrogen) atoms. The lowest BCUT2D eigenvalue weighted by Gasteiger charge is -2.32. The summed E-state index contributed by atoms with van der Waals surface area (Å²) in [6, 6.07) is 18.0. The molecule has 1 N–H and O–H groups in total. The van der Waals surface area contributed by atoms with Gasteiger partial charge in [0, 0.05) is 23.0 Å². The quantitative estimate of drug-likeness (QED) is 0.328. The van der Waals surface area contributed by atoms with E-state index in [0.717, 1.165) is 14.8 Å². The second kappa shape index (κ2) is 13.1. The lowest BCUT2D eigenvalue weighted by atomic mass is 10.1. The Morgan fingerprint density at radius 2 is 1.56 bits per heavy atom. The maximum Gasteiger partial charge on any atom is 0.264 e. The summed E-state index contributed by atoms with van der Waals surface area (Å²) >= 11 is 1.48. The predicted molar refractivity (Wildman–Crippen MR) is 154 cm³/mol. The molecular formula is C29H34FN3O4S2. The van der Waals surface area contributed by atoms with Crippen LogP contribution in [0.25, 0.3) is 0 Å². The molecule has 0 unspecified atom stereocenters. The van der Waals surface area contributed by atoms with Gasteiger partial charge in [-0.2, -0.15) is 0 Å². The number of amides is 2. The Balaban J connectivity index is 2.04. The summed E-state index contributed by atoms with van der Waals surface area (Å²) in [5, 5.41) is 2.78. The third-order valence-corrected chi connectivity index (χ3v) is 8.68. The van der Waals surface area contributed by atoms with Crippen molar-refractivity contribution >= 4 is 39.3 Å². The molecule has 0 bridgehead atoms. The molecule has 10 heteroatoms. The fraction of sp³-hybridized carbons (Fsp3) is 0.310. The standard InChI is InChI=1S/C29H34FN3O4S2/c1-20(2)31-29(35)22(4)32(18-23-8-6-7-9-27(23)30)28(34)19-33(24-12-10-21(3)11-13-24)39(36,37)26-16-14-25(38-5)15-17-26/h6-17,20,22H,18-19H2,1-5H3,(H,31,35)/t22-/m0/s1.